The average molecular weight is 327 g/mol. The van der Waals surface area contributed by atoms with E-state index in [-0.39, 0.29) is 11.1 Å². The lowest BCUT2D eigenvalue weighted by Crippen LogP contribution is -2.67. The minimum absolute atomic E-state index is 0.127. The molecule has 0 bridgehead atoms. The summed E-state index contributed by atoms with van der Waals surface area (Å²) in [5.74, 6) is 0.794. The molecule has 1 atom stereocenters. The second-order valence-corrected chi connectivity index (χ2v) is 8.24. The first-order chi connectivity index (χ1) is 9.82. The molecular weight excluding hydrogens is 303 g/mol. The lowest BCUT2D eigenvalue weighted by atomic mass is 9.85. The van der Waals surface area contributed by atoms with Crippen molar-refractivity contribution in [3.63, 3.8) is 0 Å². The van der Waals surface area contributed by atoms with Crippen molar-refractivity contribution in [1.82, 2.24) is 10.2 Å². The molecule has 2 fully saturated rings. The van der Waals surface area contributed by atoms with Crippen LogP contribution in [0.3, 0.4) is 0 Å². The van der Waals surface area contributed by atoms with Crippen molar-refractivity contribution in [2.45, 2.75) is 51.2 Å². The third-order valence-electron chi connectivity index (χ3n) is 5.10. The third kappa shape index (κ3) is 3.10. The van der Waals surface area contributed by atoms with E-state index in [9.17, 15) is 0 Å². The first-order valence-electron chi connectivity index (χ1n) is 7.75. The minimum atomic E-state index is 0.127. The maximum Gasteiger partial charge on any atom is 0.0465 e. The van der Waals surface area contributed by atoms with Crippen LogP contribution < -0.4 is 5.32 Å². The summed E-state index contributed by atoms with van der Waals surface area (Å²) in [5, 5.41) is 5.26. The van der Waals surface area contributed by atoms with Gasteiger partial charge in [0.1, 0.15) is 0 Å². The molecule has 1 aromatic rings. The number of nitrogens with one attached hydrogen (secondary N) is 1. The summed E-state index contributed by atoms with van der Waals surface area (Å²) in [6.07, 6.45) is 2.68. The maximum absolute atomic E-state index is 6.38. The Morgan fingerprint density at radius 2 is 1.81 bits per heavy atom. The fourth-order valence-electron chi connectivity index (χ4n) is 3.46. The van der Waals surface area contributed by atoms with E-state index in [0.29, 0.717) is 0 Å². The molecule has 2 aliphatic rings. The van der Waals surface area contributed by atoms with E-state index in [1.165, 1.54) is 12.8 Å². The lowest BCUT2D eigenvalue weighted by Gasteiger charge is -2.52. The highest BCUT2D eigenvalue weighted by atomic mass is 35.5. The molecule has 21 heavy (non-hydrogen) atoms. The average Bonchev–Trinajstić information content (AvgIpc) is 3.23. The van der Waals surface area contributed by atoms with E-state index in [2.05, 4.69) is 31.0 Å². The van der Waals surface area contributed by atoms with E-state index in [0.717, 1.165) is 41.2 Å². The number of rotatable bonds is 3. The van der Waals surface area contributed by atoms with Crippen LogP contribution in [0, 0.1) is 5.92 Å². The van der Waals surface area contributed by atoms with Gasteiger partial charge in [-0.25, -0.2) is 0 Å². The van der Waals surface area contributed by atoms with Crippen LogP contribution in [0.2, 0.25) is 10.0 Å². The van der Waals surface area contributed by atoms with Gasteiger partial charge in [0.2, 0.25) is 0 Å². The van der Waals surface area contributed by atoms with Crippen molar-refractivity contribution in [1.29, 1.82) is 0 Å². The Hall–Kier alpha value is -0.280. The summed E-state index contributed by atoms with van der Waals surface area (Å²) < 4.78 is 0. The molecule has 0 aromatic heterocycles. The summed E-state index contributed by atoms with van der Waals surface area (Å²) in [7, 11) is 0. The van der Waals surface area contributed by atoms with Gasteiger partial charge in [-0.2, -0.15) is 0 Å². The second-order valence-electron chi connectivity index (χ2n) is 7.43. The van der Waals surface area contributed by atoms with Crippen molar-refractivity contribution in [2.75, 3.05) is 13.1 Å². The standard InChI is InChI=1S/C17H24Cl2N2/c1-16(2)11-21(17(3,10-20-16)12-7-8-12)9-13-14(18)5-4-6-15(13)19/h4-6,12,20H,7-11H2,1-3H3. The number of piperazine rings is 1. The maximum atomic E-state index is 6.38. The van der Waals surface area contributed by atoms with Crippen molar-refractivity contribution in [3.05, 3.63) is 33.8 Å². The Morgan fingerprint density at radius 3 is 2.38 bits per heavy atom. The zero-order valence-corrected chi connectivity index (χ0v) is 14.6. The fourth-order valence-corrected chi connectivity index (χ4v) is 3.98. The van der Waals surface area contributed by atoms with Crippen molar-refractivity contribution in [2.24, 2.45) is 5.92 Å². The molecule has 4 heteroatoms. The van der Waals surface area contributed by atoms with Crippen molar-refractivity contribution in [3.8, 4) is 0 Å². The normalized spacial score (nSPS) is 29.6. The second kappa shape index (κ2) is 5.42. The first-order valence-corrected chi connectivity index (χ1v) is 8.50. The van der Waals surface area contributed by atoms with E-state index in [4.69, 9.17) is 23.2 Å². The lowest BCUT2D eigenvalue weighted by molar-refractivity contribution is 0.00524. The third-order valence-corrected chi connectivity index (χ3v) is 5.81. The molecule has 1 aliphatic heterocycles. The summed E-state index contributed by atoms with van der Waals surface area (Å²) in [6.45, 7) is 9.80. The highest BCUT2D eigenvalue weighted by molar-refractivity contribution is 6.35. The van der Waals surface area contributed by atoms with E-state index in [1.807, 2.05) is 18.2 Å². The Bertz CT molecular complexity index is 519. The van der Waals surface area contributed by atoms with Crippen LogP contribution in [0.1, 0.15) is 39.2 Å². The predicted molar refractivity (Wildman–Crippen MR) is 90.1 cm³/mol. The van der Waals surface area contributed by atoms with Crippen LogP contribution in [0.5, 0.6) is 0 Å². The molecular formula is C17H24Cl2N2. The number of benzene rings is 1. The number of halogens is 2. The Balaban J connectivity index is 1.89. The van der Waals surface area contributed by atoms with Gasteiger partial charge in [-0.05, 0) is 51.7 Å². The van der Waals surface area contributed by atoms with Gasteiger partial charge in [-0.15, -0.1) is 0 Å². The van der Waals surface area contributed by atoms with Crippen LogP contribution in [0.25, 0.3) is 0 Å². The monoisotopic (exact) mass is 326 g/mol. The zero-order valence-electron chi connectivity index (χ0n) is 13.0. The Labute approximate surface area is 137 Å². The quantitative estimate of drug-likeness (QED) is 0.888. The molecule has 1 aliphatic carbocycles. The molecule has 1 aromatic carbocycles. The fraction of sp³-hybridized carbons (Fsp3) is 0.647. The van der Waals surface area contributed by atoms with Gasteiger partial charge in [-0.1, -0.05) is 29.3 Å². The van der Waals surface area contributed by atoms with Gasteiger partial charge in [0.15, 0.2) is 0 Å². The molecule has 2 nitrogen and oxygen atoms in total. The Kier molecular flexibility index (Phi) is 4.03. The highest BCUT2D eigenvalue weighted by Crippen LogP contribution is 2.45. The van der Waals surface area contributed by atoms with E-state index >= 15 is 0 Å². The summed E-state index contributed by atoms with van der Waals surface area (Å²) in [4.78, 5) is 2.59. The molecule has 0 amide bonds. The molecule has 0 spiro atoms. The molecule has 0 radical (unpaired) electrons. The summed E-state index contributed by atoms with van der Waals surface area (Å²) >= 11 is 12.8. The first kappa shape index (κ1) is 15.6. The molecule has 1 saturated carbocycles. The van der Waals surface area contributed by atoms with Gasteiger partial charge >= 0.3 is 0 Å². The van der Waals surface area contributed by atoms with Crippen LogP contribution >= 0.6 is 23.2 Å². The topological polar surface area (TPSA) is 15.3 Å². The molecule has 1 unspecified atom stereocenters. The van der Waals surface area contributed by atoms with Gasteiger partial charge < -0.3 is 5.32 Å². The Morgan fingerprint density at radius 1 is 1.19 bits per heavy atom. The summed E-state index contributed by atoms with van der Waals surface area (Å²) in [6, 6.07) is 5.78. The van der Waals surface area contributed by atoms with Crippen molar-refractivity contribution < 1.29 is 0 Å². The van der Waals surface area contributed by atoms with E-state index in [1.54, 1.807) is 0 Å². The van der Waals surface area contributed by atoms with Crippen molar-refractivity contribution >= 4 is 23.2 Å². The number of nitrogens with zero attached hydrogens (tertiary/aromatic N) is 1. The summed E-state index contributed by atoms with van der Waals surface area (Å²) in [5.41, 5.74) is 1.39. The van der Waals surface area contributed by atoms with Crippen LogP contribution in [0.4, 0.5) is 0 Å². The molecule has 3 rings (SSSR count). The molecule has 1 heterocycles. The van der Waals surface area contributed by atoms with Crippen LogP contribution in [-0.2, 0) is 6.54 Å². The zero-order chi connectivity index (χ0) is 15.3. The van der Waals surface area contributed by atoms with Crippen LogP contribution in [0.15, 0.2) is 18.2 Å². The highest BCUT2D eigenvalue weighted by Gasteiger charge is 2.49. The van der Waals surface area contributed by atoms with Gasteiger partial charge in [0, 0.05) is 46.3 Å². The number of hydrogen-bond donors (Lipinski definition) is 1. The van der Waals surface area contributed by atoms with Gasteiger partial charge in [0.05, 0.1) is 0 Å². The van der Waals surface area contributed by atoms with Crippen LogP contribution in [-0.4, -0.2) is 29.1 Å². The molecule has 1 N–H and O–H groups in total. The van der Waals surface area contributed by atoms with Gasteiger partial charge in [-0.3, -0.25) is 4.90 Å². The van der Waals surface area contributed by atoms with Gasteiger partial charge in [0.25, 0.3) is 0 Å². The minimum Gasteiger partial charge on any atom is -0.309 e. The smallest absolute Gasteiger partial charge is 0.0465 e. The SMILES string of the molecule is CC1(C)CN(Cc2c(Cl)cccc2Cl)C(C)(C2CC2)CN1. The number of hydrogen-bond acceptors (Lipinski definition) is 2. The molecule has 1 saturated heterocycles. The molecule has 116 valence electrons. The largest absolute Gasteiger partial charge is 0.309 e. The predicted octanol–water partition coefficient (Wildman–Crippen LogP) is 4.35. The van der Waals surface area contributed by atoms with E-state index < -0.39 is 0 Å².